The van der Waals surface area contributed by atoms with E-state index in [0.29, 0.717) is 5.92 Å². The zero-order chi connectivity index (χ0) is 12.0. The van der Waals surface area contributed by atoms with Crippen LogP contribution >= 0.6 is 0 Å². The third kappa shape index (κ3) is 3.62. The molecule has 1 atom stereocenters. The predicted octanol–water partition coefficient (Wildman–Crippen LogP) is 5.21. The summed E-state index contributed by atoms with van der Waals surface area (Å²) in [5.41, 5.74) is 2.45. The Bertz CT molecular complexity index is 317. The Morgan fingerprint density at radius 1 is 1.12 bits per heavy atom. The van der Waals surface area contributed by atoms with E-state index in [1.54, 1.807) is 12.1 Å². The highest BCUT2D eigenvalue weighted by molar-refractivity contribution is 5.29. The van der Waals surface area contributed by atoms with E-state index in [1.165, 1.54) is 43.2 Å². The molecule has 1 unspecified atom stereocenters. The Kier molecular flexibility index (Phi) is 5.51. The second-order valence-electron chi connectivity index (χ2n) is 4.63. The number of rotatable bonds is 6. The van der Waals surface area contributed by atoms with Gasteiger partial charge in [-0.3, -0.25) is 0 Å². The first-order valence-corrected chi connectivity index (χ1v) is 6.45. The first-order valence-electron chi connectivity index (χ1n) is 6.45. The number of unbranched alkanes of at least 4 members (excludes halogenated alkanes) is 1. The summed E-state index contributed by atoms with van der Waals surface area (Å²) >= 11 is 0. The molecule has 0 saturated heterocycles. The minimum absolute atomic E-state index is 0.0989. The SMILES string of the molecule is CCCCC(CCC)c1cc(F)ccc1C. The fraction of sp³-hybridized carbons (Fsp3) is 0.600. The lowest BCUT2D eigenvalue weighted by Crippen LogP contribution is -2.02. The Labute approximate surface area is 98.9 Å². The van der Waals surface area contributed by atoms with E-state index in [-0.39, 0.29) is 5.82 Å². The molecule has 0 fully saturated rings. The molecule has 0 nitrogen and oxygen atoms in total. The van der Waals surface area contributed by atoms with E-state index in [1.807, 2.05) is 6.07 Å². The number of hydrogen-bond acceptors (Lipinski definition) is 0. The maximum Gasteiger partial charge on any atom is 0.123 e. The third-order valence-electron chi connectivity index (χ3n) is 3.22. The second kappa shape index (κ2) is 6.67. The van der Waals surface area contributed by atoms with E-state index in [2.05, 4.69) is 20.8 Å². The van der Waals surface area contributed by atoms with Gasteiger partial charge >= 0.3 is 0 Å². The van der Waals surface area contributed by atoms with Crippen LogP contribution in [0.25, 0.3) is 0 Å². The van der Waals surface area contributed by atoms with Crippen LogP contribution in [0.2, 0.25) is 0 Å². The van der Waals surface area contributed by atoms with Crippen LogP contribution in [0.15, 0.2) is 18.2 Å². The first kappa shape index (κ1) is 13.2. The van der Waals surface area contributed by atoms with Gasteiger partial charge in [-0.05, 0) is 48.9 Å². The fourth-order valence-corrected chi connectivity index (χ4v) is 2.31. The summed E-state index contributed by atoms with van der Waals surface area (Å²) in [4.78, 5) is 0. The van der Waals surface area contributed by atoms with Gasteiger partial charge in [-0.15, -0.1) is 0 Å². The maximum atomic E-state index is 13.3. The topological polar surface area (TPSA) is 0 Å². The molecule has 0 amide bonds. The normalized spacial score (nSPS) is 12.8. The Balaban J connectivity index is 2.85. The molecule has 0 spiro atoms. The van der Waals surface area contributed by atoms with Crippen LogP contribution in [0.5, 0.6) is 0 Å². The average Bonchev–Trinajstić information content (AvgIpc) is 2.28. The molecular weight excluding hydrogens is 199 g/mol. The lowest BCUT2D eigenvalue weighted by atomic mass is 9.87. The predicted molar refractivity (Wildman–Crippen MR) is 68.3 cm³/mol. The van der Waals surface area contributed by atoms with Crippen molar-refractivity contribution in [2.24, 2.45) is 0 Å². The van der Waals surface area contributed by atoms with Crippen molar-refractivity contribution < 1.29 is 4.39 Å². The van der Waals surface area contributed by atoms with Crippen molar-refractivity contribution in [1.82, 2.24) is 0 Å². The molecule has 1 aromatic carbocycles. The first-order chi connectivity index (χ1) is 7.69. The number of halogens is 1. The molecule has 1 aromatic rings. The highest BCUT2D eigenvalue weighted by Crippen LogP contribution is 2.29. The lowest BCUT2D eigenvalue weighted by Gasteiger charge is -2.18. The monoisotopic (exact) mass is 222 g/mol. The molecule has 0 bridgehead atoms. The summed E-state index contributed by atoms with van der Waals surface area (Å²) in [5.74, 6) is 0.443. The van der Waals surface area contributed by atoms with Crippen LogP contribution in [0.1, 0.15) is 63.0 Å². The van der Waals surface area contributed by atoms with Gasteiger partial charge in [0, 0.05) is 0 Å². The molecule has 90 valence electrons. The standard InChI is InChI=1S/C15H23F/c1-4-6-8-13(7-5-2)15-11-14(16)10-9-12(15)3/h9-11,13H,4-8H2,1-3H3. The van der Waals surface area contributed by atoms with Gasteiger partial charge in [0.15, 0.2) is 0 Å². The minimum Gasteiger partial charge on any atom is -0.207 e. The molecule has 1 heteroatoms. The van der Waals surface area contributed by atoms with Crippen molar-refractivity contribution in [2.75, 3.05) is 0 Å². The molecule has 1 rings (SSSR count). The highest BCUT2D eigenvalue weighted by atomic mass is 19.1. The zero-order valence-corrected chi connectivity index (χ0v) is 10.7. The smallest absolute Gasteiger partial charge is 0.123 e. The van der Waals surface area contributed by atoms with Crippen molar-refractivity contribution in [1.29, 1.82) is 0 Å². The van der Waals surface area contributed by atoms with E-state index in [9.17, 15) is 4.39 Å². The van der Waals surface area contributed by atoms with E-state index in [4.69, 9.17) is 0 Å². The summed E-state index contributed by atoms with van der Waals surface area (Å²) in [5, 5.41) is 0. The zero-order valence-electron chi connectivity index (χ0n) is 10.7. The Morgan fingerprint density at radius 2 is 1.88 bits per heavy atom. The van der Waals surface area contributed by atoms with Gasteiger partial charge in [0.05, 0.1) is 0 Å². The fourth-order valence-electron chi connectivity index (χ4n) is 2.31. The van der Waals surface area contributed by atoms with Gasteiger partial charge in [-0.2, -0.15) is 0 Å². The molecular formula is C15H23F. The van der Waals surface area contributed by atoms with Crippen LogP contribution in [-0.2, 0) is 0 Å². The summed E-state index contributed by atoms with van der Waals surface area (Å²) in [6, 6.07) is 5.19. The van der Waals surface area contributed by atoms with Crippen LogP contribution in [-0.4, -0.2) is 0 Å². The van der Waals surface area contributed by atoms with Crippen molar-refractivity contribution in [3.8, 4) is 0 Å². The number of aryl methyl sites for hydroxylation is 1. The molecule has 0 saturated carbocycles. The largest absolute Gasteiger partial charge is 0.207 e. The third-order valence-corrected chi connectivity index (χ3v) is 3.22. The summed E-state index contributed by atoms with van der Waals surface area (Å²) < 4.78 is 13.3. The Hall–Kier alpha value is -0.850. The molecule has 0 aliphatic rings. The quantitative estimate of drug-likeness (QED) is 0.620. The minimum atomic E-state index is -0.0989. The molecule has 16 heavy (non-hydrogen) atoms. The van der Waals surface area contributed by atoms with E-state index in [0.717, 1.165) is 0 Å². The molecule has 0 N–H and O–H groups in total. The van der Waals surface area contributed by atoms with Gasteiger partial charge in [0.2, 0.25) is 0 Å². The number of benzene rings is 1. The van der Waals surface area contributed by atoms with Crippen LogP contribution in [0.4, 0.5) is 4.39 Å². The van der Waals surface area contributed by atoms with E-state index < -0.39 is 0 Å². The molecule has 0 heterocycles. The average molecular weight is 222 g/mol. The number of hydrogen-bond donors (Lipinski definition) is 0. The highest BCUT2D eigenvalue weighted by Gasteiger charge is 2.13. The van der Waals surface area contributed by atoms with Gasteiger partial charge in [0.1, 0.15) is 5.82 Å². The summed E-state index contributed by atoms with van der Waals surface area (Å²) in [6.07, 6.45) is 5.98. The van der Waals surface area contributed by atoms with Crippen molar-refractivity contribution in [3.63, 3.8) is 0 Å². The molecule has 0 aliphatic heterocycles. The second-order valence-corrected chi connectivity index (χ2v) is 4.63. The lowest BCUT2D eigenvalue weighted by molar-refractivity contribution is 0.533. The molecule has 0 aliphatic carbocycles. The van der Waals surface area contributed by atoms with Crippen molar-refractivity contribution in [2.45, 2.75) is 58.8 Å². The maximum absolute atomic E-state index is 13.3. The van der Waals surface area contributed by atoms with Crippen LogP contribution < -0.4 is 0 Å². The molecule has 0 aromatic heterocycles. The van der Waals surface area contributed by atoms with Crippen molar-refractivity contribution >= 4 is 0 Å². The summed E-state index contributed by atoms with van der Waals surface area (Å²) in [7, 11) is 0. The van der Waals surface area contributed by atoms with Gasteiger partial charge in [-0.25, -0.2) is 4.39 Å². The summed E-state index contributed by atoms with van der Waals surface area (Å²) in [6.45, 7) is 6.50. The van der Waals surface area contributed by atoms with E-state index >= 15 is 0 Å². The van der Waals surface area contributed by atoms with Crippen LogP contribution in [0, 0.1) is 12.7 Å². The van der Waals surface area contributed by atoms with Gasteiger partial charge in [0.25, 0.3) is 0 Å². The Morgan fingerprint density at radius 3 is 2.50 bits per heavy atom. The van der Waals surface area contributed by atoms with Gasteiger partial charge < -0.3 is 0 Å². The molecule has 0 radical (unpaired) electrons. The van der Waals surface area contributed by atoms with Crippen LogP contribution in [0.3, 0.4) is 0 Å². The van der Waals surface area contributed by atoms with Gasteiger partial charge in [-0.1, -0.05) is 39.2 Å². The van der Waals surface area contributed by atoms with Crippen molar-refractivity contribution in [3.05, 3.63) is 35.1 Å².